The minimum Gasteiger partial charge on any atom is -0.483 e. The third-order valence-corrected chi connectivity index (χ3v) is 4.40. The van der Waals surface area contributed by atoms with Crippen LogP contribution in [0.3, 0.4) is 0 Å². The van der Waals surface area contributed by atoms with Crippen molar-refractivity contribution in [3.05, 3.63) is 33.9 Å². The van der Waals surface area contributed by atoms with Crippen LogP contribution >= 0.6 is 0 Å². The van der Waals surface area contributed by atoms with E-state index in [4.69, 9.17) is 4.74 Å². The fourth-order valence-corrected chi connectivity index (χ4v) is 2.77. The van der Waals surface area contributed by atoms with Crippen LogP contribution in [0.1, 0.15) is 39.2 Å². The van der Waals surface area contributed by atoms with Crippen LogP contribution < -0.4 is 10.1 Å². The number of aryl methyl sites for hydroxylation is 1. The molecule has 0 spiro atoms. The van der Waals surface area contributed by atoms with Gasteiger partial charge in [0.25, 0.3) is 0 Å². The quantitative estimate of drug-likeness (QED) is 0.644. The number of nitrogens with zero attached hydrogens (tertiary/aromatic N) is 1. The van der Waals surface area contributed by atoms with Gasteiger partial charge in [-0.3, -0.25) is 10.1 Å². The number of hydrogen-bond donors (Lipinski definition) is 1. The zero-order chi connectivity index (χ0) is 15.6. The largest absolute Gasteiger partial charge is 0.483 e. The number of rotatable bonds is 6. The van der Waals surface area contributed by atoms with Crippen LogP contribution in [0.2, 0.25) is 0 Å². The highest BCUT2D eigenvalue weighted by molar-refractivity contribution is 5.48. The molecule has 5 heteroatoms. The Morgan fingerprint density at radius 3 is 2.76 bits per heavy atom. The summed E-state index contributed by atoms with van der Waals surface area (Å²) in [5, 5.41) is 14.6. The molecule has 2 unspecified atom stereocenters. The van der Waals surface area contributed by atoms with Crippen molar-refractivity contribution in [2.75, 3.05) is 6.54 Å². The van der Waals surface area contributed by atoms with Gasteiger partial charge in [0.1, 0.15) is 6.10 Å². The van der Waals surface area contributed by atoms with E-state index in [1.807, 2.05) is 13.0 Å². The molecule has 116 valence electrons. The van der Waals surface area contributed by atoms with Crippen LogP contribution in [0.4, 0.5) is 5.69 Å². The van der Waals surface area contributed by atoms with Crippen LogP contribution in [0.25, 0.3) is 0 Å². The van der Waals surface area contributed by atoms with Crippen molar-refractivity contribution in [2.45, 2.75) is 52.7 Å². The first-order valence-corrected chi connectivity index (χ1v) is 7.51. The van der Waals surface area contributed by atoms with Crippen molar-refractivity contribution in [3.63, 3.8) is 0 Å². The molecule has 1 aliphatic carbocycles. The van der Waals surface area contributed by atoms with E-state index in [1.54, 1.807) is 12.1 Å². The Balaban J connectivity index is 2.08. The topological polar surface area (TPSA) is 64.4 Å². The van der Waals surface area contributed by atoms with E-state index in [9.17, 15) is 10.1 Å². The molecule has 0 aliphatic heterocycles. The number of nitrogens with one attached hydrogen (secondary N) is 1. The fraction of sp³-hybridized carbons (Fsp3) is 0.625. The first-order chi connectivity index (χ1) is 9.86. The summed E-state index contributed by atoms with van der Waals surface area (Å²) in [7, 11) is 0. The van der Waals surface area contributed by atoms with Gasteiger partial charge in [-0.2, -0.15) is 0 Å². The number of nitro groups is 1. The molecule has 1 aliphatic rings. The molecule has 0 radical (unpaired) electrons. The van der Waals surface area contributed by atoms with Crippen molar-refractivity contribution in [3.8, 4) is 5.75 Å². The van der Waals surface area contributed by atoms with Crippen molar-refractivity contribution in [2.24, 2.45) is 5.41 Å². The standard InChI is InChI=1S/C16H24N2O3/c1-5-8-17-14-10-15(16(14,3)4)21-13-7-6-11(2)9-12(13)18(19)20/h6-7,9,14-15,17H,5,8,10H2,1-4H3. The first kappa shape index (κ1) is 15.8. The summed E-state index contributed by atoms with van der Waals surface area (Å²) < 4.78 is 5.94. The van der Waals surface area contributed by atoms with E-state index in [0.717, 1.165) is 24.9 Å². The molecule has 0 amide bonds. The lowest BCUT2D eigenvalue weighted by molar-refractivity contribution is -0.386. The Morgan fingerprint density at radius 2 is 2.19 bits per heavy atom. The van der Waals surface area contributed by atoms with Gasteiger partial charge < -0.3 is 10.1 Å². The molecule has 5 nitrogen and oxygen atoms in total. The maximum atomic E-state index is 11.1. The Kier molecular flexibility index (Phi) is 4.52. The molecule has 1 N–H and O–H groups in total. The summed E-state index contributed by atoms with van der Waals surface area (Å²) in [5.74, 6) is 0.373. The third kappa shape index (κ3) is 3.18. The van der Waals surface area contributed by atoms with Crippen LogP contribution in [0.5, 0.6) is 5.75 Å². The van der Waals surface area contributed by atoms with Gasteiger partial charge >= 0.3 is 5.69 Å². The molecular formula is C16H24N2O3. The number of nitro benzene ring substituents is 1. The highest BCUT2D eigenvalue weighted by atomic mass is 16.6. The van der Waals surface area contributed by atoms with E-state index in [2.05, 4.69) is 26.1 Å². The average molecular weight is 292 g/mol. The Morgan fingerprint density at radius 1 is 1.48 bits per heavy atom. The van der Waals surface area contributed by atoms with Gasteiger partial charge in [0.2, 0.25) is 0 Å². The SMILES string of the molecule is CCCNC1CC(Oc2ccc(C)cc2[N+](=O)[O-])C1(C)C. The zero-order valence-corrected chi connectivity index (χ0v) is 13.2. The molecule has 1 aromatic rings. The minimum atomic E-state index is -0.374. The second-order valence-electron chi connectivity index (χ2n) is 6.40. The highest BCUT2D eigenvalue weighted by Gasteiger charge is 2.50. The second-order valence-corrected chi connectivity index (χ2v) is 6.40. The summed E-state index contributed by atoms with van der Waals surface area (Å²) in [6.07, 6.45) is 1.99. The monoisotopic (exact) mass is 292 g/mol. The average Bonchev–Trinajstić information content (AvgIpc) is 2.43. The molecule has 21 heavy (non-hydrogen) atoms. The van der Waals surface area contributed by atoms with Gasteiger partial charge in [0.05, 0.1) is 4.92 Å². The highest BCUT2D eigenvalue weighted by Crippen LogP contribution is 2.44. The maximum absolute atomic E-state index is 11.1. The summed E-state index contributed by atoms with van der Waals surface area (Å²) in [5.41, 5.74) is 0.897. The number of ether oxygens (including phenoxy) is 1. The predicted octanol–water partition coefficient (Wildman–Crippen LogP) is 3.45. The van der Waals surface area contributed by atoms with E-state index in [-0.39, 0.29) is 22.1 Å². The number of hydrogen-bond acceptors (Lipinski definition) is 4. The van der Waals surface area contributed by atoms with Crippen molar-refractivity contribution < 1.29 is 9.66 Å². The van der Waals surface area contributed by atoms with Gasteiger partial charge in [-0.15, -0.1) is 0 Å². The second kappa shape index (κ2) is 6.02. The van der Waals surface area contributed by atoms with Crippen LogP contribution in [-0.2, 0) is 0 Å². The third-order valence-electron chi connectivity index (χ3n) is 4.40. The summed E-state index contributed by atoms with van der Waals surface area (Å²) in [6.45, 7) is 9.27. The summed E-state index contributed by atoms with van der Waals surface area (Å²) >= 11 is 0. The molecule has 2 atom stereocenters. The minimum absolute atomic E-state index is 0.00765. The Labute approximate surface area is 125 Å². The van der Waals surface area contributed by atoms with Gasteiger partial charge in [0, 0.05) is 23.9 Å². The lowest BCUT2D eigenvalue weighted by Gasteiger charge is -2.51. The number of benzene rings is 1. The van der Waals surface area contributed by atoms with E-state index in [0.29, 0.717) is 11.8 Å². The zero-order valence-electron chi connectivity index (χ0n) is 13.2. The van der Waals surface area contributed by atoms with E-state index < -0.39 is 0 Å². The van der Waals surface area contributed by atoms with Gasteiger partial charge in [-0.05, 0) is 31.5 Å². The van der Waals surface area contributed by atoms with Crippen LogP contribution in [-0.4, -0.2) is 23.6 Å². The van der Waals surface area contributed by atoms with Crippen molar-refractivity contribution >= 4 is 5.69 Å². The molecule has 1 saturated carbocycles. The maximum Gasteiger partial charge on any atom is 0.311 e. The molecule has 1 aromatic carbocycles. The van der Waals surface area contributed by atoms with Crippen molar-refractivity contribution in [1.29, 1.82) is 0 Å². The Bertz CT molecular complexity index is 528. The predicted molar refractivity (Wildman–Crippen MR) is 82.7 cm³/mol. The first-order valence-electron chi connectivity index (χ1n) is 7.51. The fourth-order valence-electron chi connectivity index (χ4n) is 2.77. The molecular weight excluding hydrogens is 268 g/mol. The molecule has 0 saturated heterocycles. The summed E-state index contributed by atoms with van der Waals surface area (Å²) in [4.78, 5) is 10.8. The normalized spacial score (nSPS) is 23.4. The van der Waals surface area contributed by atoms with Gasteiger partial charge in [-0.1, -0.05) is 26.8 Å². The van der Waals surface area contributed by atoms with Gasteiger partial charge in [-0.25, -0.2) is 0 Å². The van der Waals surface area contributed by atoms with Crippen LogP contribution in [0, 0.1) is 22.5 Å². The lowest BCUT2D eigenvalue weighted by Crippen LogP contribution is -2.62. The Hall–Kier alpha value is -1.62. The van der Waals surface area contributed by atoms with E-state index in [1.165, 1.54) is 0 Å². The van der Waals surface area contributed by atoms with E-state index >= 15 is 0 Å². The molecule has 0 bridgehead atoms. The summed E-state index contributed by atoms with van der Waals surface area (Å²) in [6, 6.07) is 5.53. The molecule has 0 aromatic heterocycles. The molecule has 0 heterocycles. The van der Waals surface area contributed by atoms with Gasteiger partial charge in [0.15, 0.2) is 5.75 Å². The molecule has 2 rings (SSSR count). The van der Waals surface area contributed by atoms with Crippen LogP contribution in [0.15, 0.2) is 18.2 Å². The lowest BCUT2D eigenvalue weighted by atomic mass is 9.64. The smallest absolute Gasteiger partial charge is 0.311 e. The van der Waals surface area contributed by atoms with Crippen molar-refractivity contribution in [1.82, 2.24) is 5.32 Å². The molecule has 1 fully saturated rings.